The summed E-state index contributed by atoms with van der Waals surface area (Å²) in [6.45, 7) is 2.14. The number of fused-ring (bicyclic) bond motifs is 3. The van der Waals surface area contributed by atoms with E-state index in [9.17, 15) is 4.79 Å². The molecule has 4 aromatic heterocycles. The maximum Gasteiger partial charge on any atom is 0.259 e. The van der Waals surface area contributed by atoms with Crippen molar-refractivity contribution in [2.75, 3.05) is 0 Å². The zero-order chi connectivity index (χ0) is 23.8. The van der Waals surface area contributed by atoms with Gasteiger partial charge in [-0.25, -0.2) is 4.98 Å². The fraction of sp³-hybridized carbons (Fsp3) is 0.115. The first-order chi connectivity index (χ1) is 17.2. The lowest BCUT2D eigenvalue weighted by Gasteiger charge is -2.11. The molecule has 0 spiro atoms. The summed E-state index contributed by atoms with van der Waals surface area (Å²) >= 11 is 3.03. The highest BCUT2D eigenvalue weighted by Crippen LogP contribution is 2.30. The Morgan fingerprint density at radius 3 is 2.57 bits per heavy atom. The molecule has 0 saturated heterocycles. The number of hydrogen-bond donors (Lipinski definition) is 0. The Morgan fingerprint density at radius 1 is 0.971 bits per heavy atom. The van der Waals surface area contributed by atoms with Crippen LogP contribution in [-0.4, -0.2) is 29.1 Å². The van der Waals surface area contributed by atoms with Crippen molar-refractivity contribution in [3.63, 3.8) is 0 Å². The smallest absolute Gasteiger partial charge is 0.259 e. The minimum atomic E-state index is -0.0721. The van der Waals surface area contributed by atoms with Gasteiger partial charge in [0.2, 0.25) is 0 Å². The van der Waals surface area contributed by atoms with Gasteiger partial charge in [0.15, 0.2) is 15.9 Å². The third kappa shape index (κ3) is 4.02. The van der Waals surface area contributed by atoms with Crippen molar-refractivity contribution in [3.8, 4) is 17.1 Å². The van der Waals surface area contributed by atoms with Gasteiger partial charge in [-0.1, -0.05) is 54.3 Å². The molecule has 0 saturated carbocycles. The predicted octanol–water partition coefficient (Wildman–Crippen LogP) is 5.41. The van der Waals surface area contributed by atoms with Crippen LogP contribution in [0.3, 0.4) is 0 Å². The average Bonchev–Trinajstić information content (AvgIpc) is 3.49. The van der Waals surface area contributed by atoms with Crippen LogP contribution in [0.2, 0.25) is 0 Å². The van der Waals surface area contributed by atoms with Gasteiger partial charge >= 0.3 is 0 Å². The molecule has 0 fully saturated rings. The molecule has 6 rings (SSSR count). The molecule has 0 amide bonds. The third-order valence-corrected chi connectivity index (χ3v) is 7.76. The Bertz CT molecular complexity index is 1700. The standard InChI is InChI=1S/C26H20N6OS2/c1-2-17-7-9-20(10-8-17)31-24(18-11-13-27-14-12-18)29-30-26(31)34-16-19-15-23(33)32-21-5-3-4-6-22(21)35-25(32)28-19/h3-15H,2,16H2,1H3. The summed E-state index contributed by atoms with van der Waals surface area (Å²) in [7, 11) is 0. The second-order valence-corrected chi connectivity index (χ2v) is 9.91. The van der Waals surface area contributed by atoms with Crippen LogP contribution in [0.4, 0.5) is 0 Å². The number of aromatic nitrogens is 6. The highest BCUT2D eigenvalue weighted by Gasteiger charge is 2.17. The summed E-state index contributed by atoms with van der Waals surface area (Å²) in [5.74, 6) is 1.24. The number of pyridine rings is 1. The summed E-state index contributed by atoms with van der Waals surface area (Å²) in [5.41, 5.74) is 4.71. The van der Waals surface area contributed by atoms with Gasteiger partial charge in [0.25, 0.3) is 5.56 Å². The van der Waals surface area contributed by atoms with Gasteiger partial charge in [0, 0.05) is 35.5 Å². The van der Waals surface area contributed by atoms with Gasteiger partial charge in [-0.15, -0.1) is 10.2 Å². The van der Waals surface area contributed by atoms with Crippen LogP contribution in [0, 0.1) is 0 Å². The van der Waals surface area contributed by atoms with E-state index in [0.717, 1.165) is 38.9 Å². The number of nitrogens with zero attached hydrogens (tertiary/aromatic N) is 6. The lowest BCUT2D eigenvalue weighted by Crippen LogP contribution is -2.13. The van der Waals surface area contributed by atoms with Crippen LogP contribution in [0.1, 0.15) is 18.2 Å². The van der Waals surface area contributed by atoms with Crippen LogP contribution in [0.15, 0.2) is 89.1 Å². The molecule has 9 heteroatoms. The molecule has 0 aliphatic heterocycles. The Morgan fingerprint density at radius 2 is 1.77 bits per heavy atom. The van der Waals surface area contributed by atoms with Gasteiger partial charge in [-0.3, -0.25) is 18.7 Å². The van der Waals surface area contributed by atoms with Crippen molar-refractivity contribution in [2.24, 2.45) is 0 Å². The molecule has 6 aromatic rings. The van der Waals surface area contributed by atoms with E-state index in [0.29, 0.717) is 16.4 Å². The molecule has 0 unspecified atom stereocenters. The van der Waals surface area contributed by atoms with Crippen LogP contribution in [0.5, 0.6) is 0 Å². The summed E-state index contributed by atoms with van der Waals surface area (Å²) in [5, 5.41) is 9.72. The Kier molecular flexibility index (Phi) is 5.63. The number of rotatable bonds is 6. The molecule has 7 nitrogen and oxygen atoms in total. The molecule has 0 N–H and O–H groups in total. The molecule has 4 heterocycles. The fourth-order valence-corrected chi connectivity index (χ4v) is 5.89. The van der Waals surface area contributed by atoms with Crippen molar-refractivity contribution >= 4 is 38.3 Å². The molecule has 0 radical (unpaired) electrons. The van der Waals surface area contributed by atoms with Crippen molar-refractivity contribution in [1.29, 1.82) is 0 Å². The summed E-state index contributed by atoms with van der Waals surface area (Å²) in [6, 6.07) is 21.7. The lowest BCUT2D eigenvalue weighted by molar-refractivity contribution is 0.883. The SMILES string of the molecule is CCc1ccc(-n2c(SCc3cc(=O)n4c(n3)sc3ccccc34)nnc2-c2ccncc2)cc1. The van der Waals surface area contributed by atoms with Gasteiger partial charge in [0.1, 0.15) is 0 Å². The summed E-state index contributed by atoms with van der Waals surface area (Å²) in [4.78, 5) is 22.5. The van der Waals surface area contributed by atoms with E-state index < -0.39 is 0 Å². The Balaban J connectivity index is 1.38. The first-order valence-corrected chi connectivity index (χ1v) is 13.0. The van der Waals surface area contributed by atoms with E-state index in [1.54, 1.807) is 22.9 Å². The monoisotopic (exact) mass is 496 g/mol. The van der Waals surface area contributed by atoms with Crippen LogP contribution in [0.25, 0.3) is 32.3 Å². The van der Waals surface area contributed by atoms with E-state index in [-0.39, 0.29) is 5.56 Å². The molecular weight excluding hydrogens is 476 g/mol. The van der Waals surface area contributed by atoms with E-state index in [2.05, 4.69) is 46.4 Å². The largest absolute Gasteiger partial charge is 0.270 e. The van der Waals surface area contributed by atoms with Crippen LogP contribution in [-0.2, 0) is 12.2 Å². The highest BCUT2D eigenvalue weighted by molar-refractivity contribution is 7.98. The van der Waals surface area contributed by atoms with E-state index in [4.69, 9.17) is 4.98 Å². The summed E-state index contributed by atoms with van der Waals surface area (Å²) < 4.78 is 4.76. The number of hydrogen-bond acceptors (Lipinski definition) is 7. The highest BCUT2D eigenvalue weighted by atomic mass is 32.2. The molecule has 0 bridgehead atoms. The lowest BCUT2D eigenvalue weighted by atomic mass is 10.1. The molecule has 0 atom stereocenters. The molecule has 0 aliphatic carbocycles. The second-order valence-electron chi connectivity index (χ2n) is 7.96. The van der Waals surface area contributed by atoms with E-state index >= 15 is 0 Å². The minimum absolute atomic E-state index is 0.0721. The van der Waals surface area contributed by atoms with Gasteiger partial charge in [-0.2, -0.15) is 0 Å². The first kappa shape index (κ1) is 21.7. The number of thiazole rings is 1. The Hall–Kier alpha value is -3.82. The zero-order valence-corrected chi connectivity index (χ0v) is 20.5. The fourth-order valence-electron chi connectivity index (χ4n) is 4.00. The molecule has 0 aliphatic rings. The first-order valence-electron chi connectivity index (χ1n) is 11.2. The predicted molar refractivity (Wildman–Crippen MR) is 140 cm³/mol. The molecule has 35 heavy (non-hydrogen) atoms. The summed E-state index contributed by atoms with van der Waals surface area (Å²) in [6.07, 6.45) is 4.47. The molecule has 172 valence electrons. The van der Waals surface area contributed by atoms with Crippen LogP contribution < -0.4 is 5.56 Å². The number of benzene rings is 2. The van der Waals surface area contributed by atoms with Crippen molar-refractivity contribution in [2.45, 2.75) is 24.3 Å². The maximum absolute atomic E-state index is 12.9. The minimum Gasteiger partial charge on any atom is -0.270 e. The quantitative estimate of drug-likeness (QED) is 0.287. The number of aryl methyl sites for hydroxylation is 1. The van der Waals surface area contributed by atoms with Crippen molar-refractivity contribution in [3.05, 3.63) is 101 Å². The van der Waals surface area contributed by atoms with E-state index in [1.807, 2.05) is 41.0 Å². The van der Waals surface area contributed by atoms with Crippen molar-refractivity contribution in [1.82, 2.24) is 29.1 Å². The van der Waals surface area contributed by atoms with Crippen molar-refractivity contribution < 1.29 is 0 Å². The number of thioether (sulfide) groups is 1. The van der Waals surface area contributed by atoms with Gasteiger partial charge in [0.05, 0.1) is 15.9 Å². The van der Waals surface area contributed by atoms with Crippen LogP contribution >= 0.6 is 23.1 Å². The average molecular weight is 497 g/mol. The molecular formula is C26H20N6OS2. The normalized spacial score (nSPS) is 11.5. The topological polar surface area (TPSA) is 78.0 Å². The Labute approximate surface area is 209 Å². The maximum atomic E-state index is 12.9. The van der Waals surface area contributed by atoms with Gasteiger partial charge in [-0.05, 0) is 48.4 Å². The third-order valence-electron chi connectivity index (χ3n) is 5.77. The number of para-hydroxylation sites is 1. The second kappa shape index (κ2) is 9.09. The molecule has 2 aromatic carbocycles. The van der Waals surface area contributed by atoms with Gasteiger partial charge < -0.3 is 0 Å². The zero-order valence-electron chi connectivity index (χ0n) is 18.8. The van der Waals surface area contributed by atoms with E-state index in [1.165, 1.54) is 28.7 Å².